The Kier molecular flexibility index (Phi) is 8.11. The van der Waals surface area contributed by atoms with Crippen molar-refractivity contribution in [3.8, 4) is 0 Å². The Morgan fingerprint density at radius 1 is 1.00 bits per heavy atom. The molecule has 0 aromatic carbocycles. The molecule has 0 atom stereocenters. The highest BCUT2D eigenvalue weighted by Crippen LogP contribution is 2.08. The lowest BCUT2D eigenvalue weighted by Crippen LogP contribution is -2.33. The summed E-state index contributed by atoms with van der Waals surface area (Å²) in [6, 6.07) is 0. The van der Waals surface area contributed by atoms with E-state index in [1.165, 1.54) is 32.4 Å². The fourth-order valence-electron chi connectivity index (χ4n) is 2.12. The van der Waals surface area contributed by atoms with Crippen LogP contribution in [0.3, 0.4) is 0 Å². The zero-order valence-electron chi connectivity index (χ0n) is 13.2. The highest BCUT2D eigenvalue weighted by molar-refractivity contribution is 5.71. The first-order valence-corrected chi connectivity index (χ1v) is 7.57. The van der Waals surface area contributed by atoms with E-state index in [9.17, 15) is 4.79 Å². The molecule has 0 aromatic heterocycles. The smallest absolute Gasteiger partial charge is 0.332 e. The minimum absolute atomic E-state index is 0.00719. The van der Waals surface area contributed by atoms with Crippen molar-refractivity contribution < 1.29 is 19.0 Å². The van der Waals surface area contributed by atoms with Crippen LogP contribution in [0.2, 0.25) is 0 Å². The summed E-state index contributed by atoms with van der Waals surface area (Å²) >= 11 is 0. The standard InChI is InChI=1S/C15H29NO4/c1-15(2,3)20-14(17)13-19-12-11-18-10-9-16-7-5-4-6-8-16/h4-13H2,1-3H3. The van der Waals surface area contributed by atoms with Gasteiger partial charge in [0.05, 0.1) is 19.8 Å². The maximum Gasteiger partial charge on any atom is 0.332 e. The number of hydrogen-bond acceptors (Lipinski definition) is 5. The zero-order chi connectivity index (χ0) is 14.8. The SMILES string of the molecule is CC(C)(C)OC(=O)COCCOCCN1CCCCC1. The average Bonchev–Trinajstić information content (AvgIpc) is 2.37. The summed E-state index contributed by atoms with van der Waals surface area (Å²) in [6.07, 6.45) is 3.97. The molecule has 0 aromatic rings. The molecule has 0 bridgehead atoms. The normalized spacial score (nSPS) is 17.1. The van der Waals surface area contributed by atoms with Crippen LogP contribution in [0.1, 0.15) is 40.0 Å². The summed E-state index contributed by atoms with van der Waals surface area (Å²) in [5.74, 6) is -0.328. The van der Waals surface area contributed by atoms with E-state index in [4.69, 9.17) is 14.2 Å². The van der Waals surface area contributed by atoms with Crippen molar-refractivity contribution in [3.05, 3.63) is 0 Å². The molecule has 0 unspecified atom stereocenters. The van der Waals surface area contributed by atoms with Gasteiger partial charge in [0.1, 0.15) is 12.2 Å². The van der Waals surface area contributed by atoms with Gasteiger partial charge in [-0.2, -0.15) is 0 Å². The first-order chi connectivity index (χ1) is 9.47. The molecule has 1 rings (SSSR count). The maximum absolute atomic E-state index is 11.4. The minimum atomic E-state index is -0.453. The molecular weight excluding hydrogens is 258 g/mol. The van der Waals surface area contributed by atoms with Crippen molar-refractivity contribution in [2.75, 3.05) is 46.1 Å². The Labute approximate surface area is 122 Å². The molecule has 1 aliphatic rings. The van der Waals surface area contributed by atoms with Crippen LogP contribution in [0, 0.1) is 0 Å². The van der Waals surface area contributed by atoms with Crippen LogP contribution in [-0.4, -0.2) is 62.5 Å². The van der Waals surface area contributed by atoms with E-state index in [0.29, 0.717) is 13.2 Å². The first kappa shape index (κ1) is 17.4. The predicted molar refractivity (Wildman–Crippen MR) is 77.8 cm³/mol. The van der Waals surface area contributed by atoms with E-state index in [2.05, 4.69) is 4.90 Å². The molecule has 1 heterocycles. The van der Waals surface area contributed by atoms with Gasteiger partial charge in [-0.25, -0.2) is 4.79 Å². The summed E-state index contributed by atoms with van der Waals surface area (Å²) in [5, 5.41) is 0. The molecular formula is C15H29NO4. The van der Waals surface area contributed by atoms with Gasteiger partial charge in [0.15, 0.2) is 0 Å². The van der Waals surface area contributed by atoms with Gasteiger partial charge in [-0.15, -0.1) is 0 Å². The van der Waals surface area contributed by atoms with Crippen LogP contribution in [0.15, 0.2) is 0 Å². The summed E-state index contributed by atoms with van der Waals surface area (Å²) in [4.78, 5) is 13.8. The Morgan fingerprint density at radius 3 is 2.30 bits per heavy atom. The fraction of sp³-hybridized carbons (Fsp3) is 0.933. The monoisotopic (exact) mass is 287 g/mol. The Morgan fingerprint density at radius 2 is 1.65 bits per heavy atom. The Bertz CT molecular complexity index is 270. The van der Waals surface area contributed by atoms with Gasteiger partial charge < -0.3 is 19.1 Å². The van der Waals surface area contributed by atoms with Gasteiger partial charge in [-0.3, -0.25) is 0 Å². The van der Waals surface area contributed by atoms with E-state index in [0.717, 1.165) is 13.2 Å². The van der Waals surface area contributed by atoms with Crippen molar-refractivity contribution >= 4 is 5.97 Å². The summed E-state index contributed by atoms with van der Waals surface area (Å²) in [6.45, 7) is 10.6. The molecule has 1 aliphatic heterocycles. The molecule has 20 heavy (non-hydrogen) atoms. The molecule has 1 saturated heterocycles. The third-order valence-electron chi connectivity index (χ3n) is 3.01. The predicted octanol–water partition coefficient (Wildman–Crippen LogP) is 1.85. The highest BCUT2D eigenvalue weighted by Gasteiger charge is 2.15. The molecule has 0 amide bonds. The van der Waals surface area contributed by atoms with Crippen LogP contribution in [-0.2, 0) is 19.0 Å². The van der Waals surface area contributed by atoms with E-state index < -0.39 is 5.60 Å². The topological polar surface area (TPSA) is 48.0 Å². The first-order valence-electron chi connectivity index (χ1n) is 7.57. The van der Waals surface area contributed by atoms with Gasteiger partial charge >= 0.3 is 5.97 Å². The lowest BCUT2D eigenvalue weighted by Gasteiger charge is -2.26. The van der Waals surface area contributed by atoms with Crippen LogP contribution >= 0.6 is 0 Å². The molecule has 0 spiro atoms. The van der Waals surface area contributed by atoms with Crippen molar-refractivity contribution in [2.45, 2.75) is 45.6 Å². The maximum atomic E-state index is 11.4. The van der Waals surface area contributed by atoms with Gasteiger partial charge in [0, 0.05) is 6.54 Å². The van der Waals surface area contributed by atoms with Crippen molar-refractivity contribution in [2.24, 2.45) is 0 Å². The summed E-state index contributed by atoms with van der Waals surface area (Å²) in [7, 11) is 0. The molecule has 118 valence electrons. The quantitative estimate of drug-likeness (QED) is 0.503. The third-order valence-corrected chi connectivity index (χ3v) is 3.01. The van der Waals surface area contributed by atoms with Crippen LogP contribution in [0.5, 0.6) is 0 Å². The number of rotatable bonds is 8. The molecule has 1 fully saturated rings. The number of hydrogen-bond donors (Lipinski definition) is 0. The van der Waals surface area contributed by atoms with Crippen molar-refractivity contribution in [1.29, 1.82) is 0 Å². The second kappa shape index (κ2) is 9.32. The highest BCUT2D eigenvalue weighted by atomic mass is 16.6. The fourth-order valence-corrected chi connectivity index (χ4v) is 2.12. The third kappa shape index (κ3) is 9.28. The van der Waals surface area contributed by atoms with E-state index in [1.807, 2.05) is 20.8 Å². The lowest BCUT2D eigenvalue weighted by atomic mass is 10.1. The zero-order valence-corrected chi connectivity index (χ0v) is 13.2. The molecule has 5 nitrogen and oxygen atoms in total. The van der Waals surface area contributed by atoms with Gasteiger partial charge in [-0.05, 0) is 46.7 Å². The van der Waals surface area contributed by atoms with E-state index in [-0.39, 0.29) is 12.6 Å². The number of piperidine rings is 1. The van der Waals surface area contributed by atoms with Crippen LogP contribution < -0.4 is 0 Å². The number of ether oxygens (including phenoxy) is 3. The summed E-state index contributed by atoms with van der Waals surface area (Å²) in [5.41, 5.74) is -0.453. The van der Waals surface area contributed by atoms with Gasteiger partial charge in [0.25, 0.3) is 0 Å². The number of likely N-dealkylation sites (tertiary alicyclic amines) is 1. The van der Waals surface area contributed by atoms with E-state index in [1.54, 1.807) is 0 Å². The number of nitrogens with zero attached hydrogens (tertiary/aromatic N) is 1. The number of carbonyl (C=O) groups excluding carboxylic acids is 1. The second-order valence-electron chi connectivity index (χ2n) is 6.15. The molecule has 0 radical (unpaired) electrons. The lowest BCUT2D eigenvalue weighted by molar-refractivity contribution is -0.160. The largest absolute Gasteiger partial charge is 0.458 e. The molecule has 0 aliphatic carbocycles. The minimum Gasteiger partial charge on any atom is -0.458 e. The van der Waals surface area contributed by atoms with Crippen LogP contribution in [0.25, 0.3) is 0 Å². The molecule has 0 saturated carbocycles. The van der Waals surface area contributed by atoms with Crippen molar-refractivity contribution in [1.82, 2.24) is 4.90 Å². The second-order valence-corrected chi connectivity index (χ2v) is 6.15. The van der Waals surface area contributed by atoms with Crippen LogP contribution in [0.4, 0.5) is 0 Å². The molecule has 0 N–H and O–H groups in total. The summed E-state index contributed by atoms with van der Waals surface area (Å²) < 4.78 is 15.9. The number of carbonyl (C=O) groups is 1. The van der Waals surface area contributed by atoms with Gasteiger partial charge in [-0.1, -0.05) is 6.42 Å². The number of esters is 1. The average molecular weight is 287 g/mol. The molecule has 5 heteroatoms. The van der Waals surface area contributed by atoms with Crippen molar-refractivity contribution in [3.63, 3.8) is 0 Å². The Hall–Kier alpha value is -0.650. The Balaban J connectivity index is 1.88. The van der Waals surface area contributed by atoms with Gasteiger partial charge in [0.2, 0.25) is 0 Å². The van der Waals surface area contributed by atoms with E-state index >= 15 is 0 Å².